The van der Waals surface area contributed by atoms with Gasteiger partial charge in [-0.25, -0.2) is 0 Å². The highest BCUT2D eigenvalue weighted by molar-refractivity contribution is 6.31. The molecular formula is C20H18ClN5O. The Bertz CT molecular complexity index is 1070. The third-order valence-electron chi connectivity index (χ3n) is 4.27. The molecule has 136 valence electrons. The van der Waals surface area contributed by atoms with E-state index in [4.69, 9.17) is 11.6 Å². The molecule has 1 amide bonds. The molecule has 0 aliphatic carbocycles. The van der Waals surface area contributed by atoms with Crippen LogP contribution in [0.25, 0.3) is 10.9 Å². The van der Waals surface area contributed by atoms with Crippen LogP contribution < -0.4 is 5.32 Å². The van der Waals surface area contributed by atoms with E-state index in [9.17, 15) is 4.79 Å². The third kappa shape index (κ3) is 4.17. The molecule has 2 aromatic heterocycles. The minimum Gasteiger partial charge on any atom is -0.326 e. The van der Waals surface area contributed by atoms with Crippen LogP contribution >= 0.6 is 11.6 Å². The van der Waals surface area contributed by atoms with Crippen LogP contribution in [0.4, 0.5) is 5.69 Å². The molecule has 0 bridgehead atoms. The zero-order valence-electron chi connectivity index (χ0n) is 14.5. The van der Waals surface area contributed by atoms with Crippen LogP contribution in [0, 0.1) is 0 Å². The van der Waals surface area contributed by atoms with E-state index < -0.39 is 0 Å². The molecule has 2 heterocycles. The van der Waals surface area contributed by atoms with Crippen molar-refractivity contribution in [3.63, 3.8) is 0 Å². The highest BCUT2D eigenvalue weighted by atomic mass is 35.5. The summed E-state index contributed by atoms with van der Waals surface area (Å²) in [5, 5.41) is 13.1. The maximum Gasteiger partial charge on any atom is 0.226 e. The summed E-state index contributed by atoms with van der Waals surface area (Å²) >= 11 is 6.00. The summed E-state index contributed by atoms with van der Waals surface area (Å²) in [6.45, 7) is 1.17. The molecule has 0 unspecified atom stereocenters. The van der Waals surface area contributed by atoms with Crippen molar-refractivity contribution in [3.8, 4) is 0 Å². The van der Waals surface area contributed by atoms with Crippen molar-refractivity contribution >= 4 is 34.1 Å². The van der Waals surface area contributed by atoms with Crippen molar-refractivity contribution in [1.29, 1.82) is 0 Å². The first-order valence-electron chi connectivity index (χ1n) is 8.65. The van der Waals surface area contributed by atoms with E-state index in [1.807, 2.05) is 64.1 Å². The van der Waals surface area contributed by atoms with Gasteiger partial charge in [-0.2, -0.15) is 10.2 Å². The van der Waals surface area contributed by atoms with Gasteiger partial charge < -0.3 is 5.32 Å². The lowest BCUT2D eigenvalue weighted by atomic mass is 10.2. The molecule has 0 saturated heterocycles. The molecular weight excluding hydrogens is 362 g/mol. The van der Waals surface area contributed by atoms with E-state index in [1.54, 1.807) is 12.4 Å². The number of fused-ring (bicyclic) bond motifs is 1. The van der Waals surface area contributed by atoms with Crippen molar-refractivity contribution in [2.45, 2.75) is 19.5 Å². The summed E-state index contributed by atoms with van der Waals surface area (Å²) in [7, 11) is 0. The molecule has 4 aromatic rings. The van der Waals surface area contributed by atoms with Gasteiger partial charge in [0.05, 0.1) is 24.8 Å². The predicted octanol–water partition coefficient (Wildman–Crippen LogP) is 3.96. The molecule has 0 aliphatic heterocycles. The molecule has 0 fully saturated rings. The van der Waals surface area contributed by atoms with Gasteiger partial charge in [0.1, 0.15) is 0 Å². The third-order valence-corrected chi connectivity index (χ3v) is 4.50. The SMILES string of the molecule is O=C(CCn1ncc2cc(Cl)ccc21)Nc1cccc(Cn2cccn2)c1. The number of hydrogen-bond acceptors (Lipinski definition) is 3. The van der Waals surface area contributed by atoms with Gasteiger partial charge in [-0.1, -0.05) is 23.7 Å². The zero-order chi connectivity index (χ0) is 18.6. The van der Waals surface area contributed by atoms with Crippen LogP contribution in [0.3, 0.4) is 0 Å². The molecule has 27 heavy (non-hydrogen) atoms. The smallest absolute Gasteiger partial charge is 0.226 e. The van der Waals surface area contributed by atoms with Gasteiger partial charge in [0.15, 0.2) is 0 Å². The largest absolute Gasteiger partial charge is 0.326 e. The Morgan fingerprint density at radius 3 is 2.89 bits per heavy atom. The second-order valence-corrected chi connectivity index (χ2v) is 6.71. The van der Waals surface area contributed by atoms with E-state index >= 15 is 0 Å². The molecule has 4 rings (SSSR count). The number of aromatic nitrogens is 4. The van der Waals surface area contributed by atoms with Crippen molar-refractivity contribution in [3.05, 3.63) is 77.7 Å². The molecule has 0 aliphatic rings. The fourth-order valence-electron chi connectivity index (χ4n) is 3.00. The van der Waals surface area contributed by atoms with E-state index in [1.165, 1.54) is 0 Å². The van der Waals surface area contributed by atoms with Crippen LogP contribution in [-0.2, 0) is 17.9 Å². The number of hydrogen-bond donors (Lipinski definition) is 1. The first-order valence-corrected chi connectivity index (χ1v) is 9.02. The Morgan fingerprint density at radius 1 is 1.11 bits per heavy atom. The number of benzene rings is 2. The summed E-state index contributed by atoms with van der Waals surface area (Å²) in [5.41, 5.74) is 2.82. The Balaban J connectivity index is 1.37. The van der Waals surface area contributed by atoms with Crippen molar-refractivity contribution in [1.82, 2.24) is 19.6 Å². The second kappa shape index (κ2) is 7.63. The van der Waals surface area contributed by atoms with Gasteiger partial charge in [-0.3, -0.25) is 14.2 Å². The van der Waals surface area contributed by atoms with Crippen LogP contribution in [0.5, 0.6) is 0 Å². The molecule has 0 radical (unpaired) electrons. The number of carbonyl (C=O) groups is 1. The number of halogens is 1. The Labute approximate surface area is 161 Å². The van der Waals surface area contributed by atoms with Crippen molar-refractivity contribution in [2.24, 2.45) is 0 Å². The monoisotopic (exact) mass is 379 g/mol. The first-order chi connectivity index (χ1) is 13.2. The van der Waals surface area contributed by atoms with E-state index in [2.05, 4.69) is 15.5 Å². The molecule has 2 aromatic carbocycles. The zero-order valence-corrected chi connectivity index (χ0v) is 15.3. The van der Waals surface area contributed by atoms with Gasteiger partial charge in [0.2, 0.25) is 5.91 Å². The molecule has 6 nitrogen and oxygen atoms in total. The van der Waals surface area contributed by atoms with E-state index in [0.717, 1.165) is 22.2 Å². The number of nitrogens with one attached hydrogen (secondary N) is 1. The minimum atomic E-state index is -0.0520. The van der Waals surface area contributed by atoms with E-state index in [-0.39, 0.29) is 5.91 Å². The van der Waals surface area contributed by atoms with E-state index in [0.29, 0.717) is 24.5 Å². The van der Waals surface area contributed by atoms with Gasteiger partial charge in [-0.15, -0.1) is 0 Å². The topological polar surface area (TPSA) is 64.7 Å². The highest BCUT2D eigenvalue weighted by Crippen LogP contribution is 2.19. The summed E-state index contributed by atoms with van der Waals surface area (Å²) in [4.78, 5) is 12.3. The van der Waals surface area contributed by atoms with Crippen LogP contribution in [0.15, 0.2) is 67.1 Å². The quantitative estimate of drug-likeness (QED) is 0.551. The maximum atomic E-state index is 12.3. The fraction of sp³-hybridized carbons (Fsp3) is 0.150. The van der Waals surface area contributed by atoms with Gasteiger partial charge in [0.25, 0.3) is 0 Å². The average molecular weight is 380 g/mol. The lowest BCUT2D eigenvalue weighted by molar-refractivity contribution is -0.116. The van der Waals surface area contributed by atoms with Crippen molar-refractivity contribution in [2.75, 3.05) is 5.32 Å². The molecule has 1 N–H and O–H groups in total. The second-order valence-electron chi connectivity index (χ2n) is 6.27. The number of anilines is 1. The first kappa shape index (κ1) is 17.3. The molecule has 7 heteroatoms. The number of carbonyl (C=O) groups excluding carboxylic acids is 1. The predicted molar refractivity (Wildman–Crippen MR) is 106 cm³/mol. The normalized spacial score (nSPS) is 11.0. The minimum absolute atomic E-state index is 0.0520. The maximum absolute atomic E-state index is 12.3. The molecule has 0 spiro atoms. The number of nitrogens with zero attached hydrogens (tertiary/aromatic N) is 4. The summed E-state index contributed by atoms with van der Waals surface area (Å²) in [5.74, 6) is -0.0520. The Kier molecular flexibility index (Phi) is 4.89. The van der Waals surface area contributed by atoms with Gasteiger partial charge in [-0.05, 0) is 42.0 Å². The number of aryl methyl sites for hydroxylation is 1. The summed E-state index contributed by atoms with van der Waals surface area (Å²) in [6, 6.07) is 15.3. The van der Waals surface area contributed by atoms with Gasteiger partial charge >= 0.3 is 0 Å². The molecule has 0 saturated carbocycles. The molecule has 0 atom stereocenters. The highest BCUT2D eigenvalue weighted by Gasteiger charge is 2.07. The standard InChI is InChI=1S/C20H18ClN5O/c21-17-5-6-19-16(12-17)13-23-26(19)10-7-20(27)24-18-4-1-3-15(11-18)14-25-9-2-8-22-25/h1-6,8-9,11-13H,7,10,14H2,(H,24,27). The Hall–Kier alpha value is -3.12. The number of rotatable bonds is 6. The lowest BCUT2D eigenvalue weighted by Crippen LogP contribution is -2.15. The Morgan fingerprint density at radius 2 is 2.04 bits per heavy atom. The van der Waals surface area contributed by atoms with Crippen molar-refractivity contribution < 1.29 is 4.79 Å². The average Bonchev–Trinajstić information content (AvgIpc) is 3.29. The van der Waals surface area contributed by atoms with Crippen LogP contribution in [0.1, 0.15) is 12.0 Å². The fourth-order valence-corrected chi connectivity index (χ4v) is 3.18. The van der Waals surface area contributed by atoms with Gasteiger partial charge in [0, 0.05) is 34.9 Å². The lowest BCUT2D eigenvalue weighted by Gasteiger charge is -2.08. The van der Waals surface area contributed by atoms with Crippen LogP contribution in [0.2, 0.25) is 5.02 Å². The summed E-state index contributed by atoms with van der Waals surface area (Å²) < 4.78 is 3.66. The van der Waals surface area contributed by atoms with Crippen LogP contribution in [-0.4, -0.2) is 25.5 Å². The summed E-state index contributed by atoms with van der Waals surface area (Å²) in [6.07, 6.45) is 5.76. The number of amides is 1.